The van der Waals surface area contributed by atoms with Crippen molar-refractivity contribution in [3.8, 4) is 23.0 Å². The van der Waals surface area contributed by atoms with Crippen LogP contribution in [0.4, 0.5) is 4.39 Å². The molecule has 2 aromatic carbocycles. The molecule has 0 spiro atoms. The number of ether oxygens (including phenoxy) is 3. The number of alkyl halides is 1. The Labute approximate surface area is 180 Å². The molecule has 0 atom stereocenters. The summed E-state index contributed by atoms with van der Waals surface area (Å²) in [5.74, 6) is 0.559. The number of allylic oxidation sites excluding steroid dienone is 2. The third-order valence-electron chi connectivity index (χ3n) is 4.20. The number of benzene rings is 2. The van der Waals surface area contributed by atoms with Gasteiger partial charge < -0.3 is 19.3 Å². The van der Waals surface area contributed by atoms with E-state index in [9.17, 15) is 19.1 Å². The largest absolute Gasteiger partial charge is 0.504 e. The van der Waals surface area contributed by atoms with Crippen LogP contribution in [-0.4, -0.2) is 44.2 Å². The lowest BCUT2D eigenvalue weighted by Crippen LogP contribution is -2.02. The fourth-order valence-corrected chi connectivity index (χ4v) is 2.61. The third kappa shape index (κ3) is 7.62. The van der Waals surface area contributed by atoms with Crippen molar-refractivity contribution >= 4 is 23.7 Å². The van der Waals surface area contributed by atoms with Crippen LogP contribution < -0.4 is 14.2 Å². The van der Waals surface area contributed by atoms with Crippen LogP contribution in [0.3, 0.4) is 0 Å². The van der Waals surface area contributed by atoms with Crippen molar-refractivity contribution in [2.24, 2.45) is 0 Å². The number of phenolic OH excluding ortho intramolecular Hbond substituents is 1. The predicted octanol–water partition coefficient (Wildman–Crippen LogP) is 4.40. The predicted molar refractivity (Wildman–Crippen MR) is 116 cm³/mol. The lowest BCUT2D eigenvalue weighted by atomic mass is 10.1. The fourth-order valence-electron chi connectivity index (χ4n) is 2.61. The molecule has 31 heavy (non-hydrogen) atoms. The molecular weight excluding hydrogens is 402 g/mol. The van der Waals surface area contributed by atoms with E-state index in [1.807, 2.05) is 0 Å². The number of ketones is 2. The van der Waals surface area contributed by atoms with Gasteiger partial charge >= 0.3 is 0 Å². The van der Waals surface area contributed by atoms with Gasteiger partial charge in [-0.05, 0) is 47.5 Å². The maximum absolute atomic E-state index is 12.2. The van der Waals surface area contributed by atoms with Gasteiger partial charge in [0.05, 0.1) is 33.9 Å². The highest BCUT2D eigenvalue weighted by Crippen LogP contribution is 2.29. The van der Waals surface area contributed by atoms with Crippen molar-refractivity contribution in [2.75, 3.05) is 27.5 Å². The quantitative estimate of drug-likeness (QED) is 0.307. The zero-order chi connectivity index (χ0) is 22.6. The first-order valence-corrected chi connectivity index (χ1v) is 9.62. The Bertz CT molecular complexity index is 965. The van der Waals surface area contributed by atoms with E-state index in [-0.39, 0.29) is 30.3 Å². The van der Waals surface area contributed by atoms with Crippen molar-refractivity contribution < 1.29 is 33.3 Å². The van der Waals surface area contributed by atoms with Gasteiger partial charge in [-0.3, -0.25) is 14.0 Å². The molecule has 7 heteroatoms. The number of hydrogen-bond donors (Lipinski definition) is 1. The summed E-state index contributed by atoms with van der Waals surface area (Å²) in [5, 5.41) is 9.58. The van der Waals surface area contributed by atoms with Gasteiger partial charge in [0.25, 0.3) is 0 Å². The molecule has 164 valence electrons. The highest BCUT2D eigenvalue weighted by atomic mass is 18.2. The van der Waals surface area contributed by atoms with Gasteiger partial charge in [-0.25, -0.2) is 0 Å². The number of halogens is 1. The Kier molecular flexibility index (Phi) is 9.29. The zero-order valence-corrected chi connectivity index (χ0v) is 17.5. The Morgan fingerprint density at radius 1 is 0.903 bits per heavy atom. The van der Waals surface area contributed by atoms with Gasteiger partial charge in [0, 0.05) is 6.42 Å². The normalized spacial score (nSPS) is 11.1. The maximum Gasteiger partial charge on any atom is 0.163 e. The molecule has 0 aromatic heterocycles. The maximum atomic E-state index is 12.2. The van der Waals surface area contributed by atoms with Gasteiger partial charge in [-0.15, -0.1) is 0 Å². The van der Waals surface area contributed by atoms with Crippen molar-refractivity contribution in [3.63, 3.8) is 0 Å². The van der Waals surface area contributed by atoms with E-state index >= 15 is 0 Å². The second-order valence-corrected chi connectivity index (χ2v) is 6.51. The lowest BCUT2D eigenvalue weighted by Gasteiger charge is -2.10. The monoisotopic (exact) mass is 427 g/mol. The van der Waals surface area contributed by atoms with Gasteiger partial charge in [0.15, 0.2) is 34.6 Å². The van der Waals surface area contributed by atoms with Crippen LogP contribution in [0.1, 0.15) is 24.0 Å². The molecule has 0 bridgehead atoms. The molecule has 0 heterocycles. The molecule has 0 fully saturated rings. The van der Waals surface area contributed by atoms with E-state index in [1.54, 1.807) is 42.5 Å². The SMILES string of the molecule is COc1cc(C=CC(=O)CC(=O)C=Cc2ccc(OCCC[18F])c(OC)c2)ccc1O. The van der Waals surface area contributed by atoms with Crippen LogP contribution in [0.2, 0.25) is 0 Å². The van der Waals surface area contributed by atoms with E-state index in [0.717, 1.165) is 0 Å². The number of carbonyl (C=O) groups excluding carboxylic acids is 2. The molecular formula is C24H25FO6. The minimum absolute atomic E-state index is 0.00211. The summed E-state index contributed by atoms with van der Waals surface area (Å²) < 4.78 is 27.9. The molecule has 0 radical (unpaired) electrons. The molecule has 6 nitrogen and oxygen atoms in total. The van der Waals surface area contributed by atoms with E-state index in [0.29, 0.717) is 34.8 Å². The molecule has 2 aromatic rings. The second kappa shape index (κ2) is 12.2. The number of phenols is 1. The van der Waals surface area contributed by atoms with E-state index in [1.165, 1.54) is 32.4 Å². The van der Waals surface area contributed by atoms with Crippen molar-refractivity contribution in [3.05, 3.63) is 59.7 Å². The third-order valence-corrected chi connectivity index (χ3v) is 4.20. The standard InChI is InChI=1S/C24H25FO6/c1-29-23-14-17(6-10-21(23)28)4-8-19(26)16-20(27)9-5-18-7-11-22(24(15-18)30-2)31-13-3-12-25/h4-11,14-15,28H,3,12-13,16H2,1-2H3/i25-1. The van der Waals surface area contributed by atoms with Crippen LogP contribution in [-0.2, 0) is 9.59 Å². The molecule has 1 N–H and O–H groups in total. The number of aromatic hydroxyl groups is 1. The van der Waals surface area contributed by atoms with E-state index < -0.39 is 6.67 Å². The van der Waals surface area contributed by atoms with Gasteiger partial charge in [0.2, 0.25) is 0 Å². The minimum Gasteiger partial charge on any atom is -0.504 e. The van der Waals surface area contributed by atoms with Crippen LogP contribution in [0.5, 0.6) is 23.0 Å². The highest BCUT2D eigenvalue weighted by Gasteiger charge is 2.07. The van der Waals surface area contributed by atoms with E-state index in [4.69, 9.17) is 14.2 Å². The summed E-state index contributed by atoms with van der Waals surface area (Å²) in [6.45, 7) is -0.213. The highest BCUT2D eigenvalue weighted by molar-refractivity contribution is 6.10. The number of hydrogen-bond acceptors (Lipinski definition) is 6. The molecule has 0 aliphatic carbocycles. The first kappa shape index (κ1) is 23.7. The van der Waals surface area contributed by atoms with Crippen LogP contribution in [0, 0.1) is 0 Å². The number of carbonyl (C=O) groups is 2. The summed E-state index contributed by atoms with van der Waals surface area (Å²) in [6, 6.07) is 9.77. The minimum atomic E-state index is -0.456. The van der Waals surface area contributed by atoms with Gasteiger partial charge in [-0.1, -0.05) is 24.3 Å². The van der Waals surface area contributed by atoms with Gasteiger partial charge in [0.1, 0.15) is 0 Å². The second-order valence-electron chi connectivity index (χ2n) is 6.51. The molecule has 0 saturated carbocycles. The fraction of sp³-hybridized carbons (Fsp3) is 0.250. The van der Waals surface area contributed by atoms with Crippen molar-refractivity contribution in [1.82, 2.24) is 0 Å². The number of methoxy groups -OCH3 is 2. The van der Waals surface area contributed by atoms with Crippen LogP contribution in [0.25, 0.3) is 12.2 Å². The molecule has 0 aliphatic heterocycles. The first-order chi connectivity index (χ1) is 15.0. The summed E-state index contributed by atoms with van der Waals surface area (Å²) in [7, 11) is 2.92. The lowest BCUT2D eigenvalue weighted by molar-refractivity contribution is -0.121. The van der Waals surface area contributed by atoms with Gasteiger partial charge in [-0.2, -0.15) is 0 Å². The Balaban J connectivity index is 1.94. The smallest absolute Gasteiger partial charge is 0.163 e. The molecule has 0 unspecified atom stereocenters. The zero-order valence-electron chi connectivity index (χ0n) is 17.5. The van der Waals surface area contributed by atoms with E-state index in [2.05, 4.69) is 0 Å². The molecule has 0 saturated heterocycles. The summed E-state index contributed by atoms with van der Waals surface area (Å²) >= 11 is 0. The molecule has 0 amide bonds. The average molecular weight is 427 g/mol. The number of rotatable bonds is 12. The first-order valence-electron chi connectivity index (χ1n) is 9.62. The Morgan fingerprint density at radius 2 is 1.48 bits per heavy atom. The molecule has 2 rings (SSSR count). The average Bonchev–Trinajstić information content (AvgIpc) is 2.77. The van der Waals surface area contributed by atoms with Crippen molar-refractivity contribution in [2.45, 2.75) is 12.8 Å². The topological polar surface area (TPSA) is 82.1 Å². The Morgan fingerprint density at radius 3 is 2.06 bits per heavy atom. The summed E-state index contributed by atoms with van der Waals surface area (Å²) in [5.41, 5.74) is 1.36. The van der Waals surface area contributed by atoms with Crippen LogP contribution >= 0.6 is 0 Å². The Hall–Kier alpha value is -3.61. The van der Waals surface area contributed by atoms with Crippen LogP contribution in [0.15, 0.2) is 48.6 Å². The summed E-state index contributed by atoms with van der Waals surface area (Å²) in [6.07, 6.45) is 5.79. The molecule has 0 aliphatic rings. The van der Waals surface area contributed by atoms with Crippen molar-refractivity contribution in [1.29, 1.82) is 0 Å². The summed E-state index contributed by atoms with van der Waals surface area (Å²) in [4.78, 5) is 24.1.